The highest BCUT2D eigenvalue weighted by Gasteiger charge is 2.39. The standard InChI is InChI=1S/C19H26ClN3O4.ClH/c1-2-27-17-9-16(21)15(20)8-14(17)19(26)22-11-6-12-4-3-5-13(7-11)23(12)10-18(24)25;/h8-9,11-13H,2-7,10,21H2,1H3,(H,22,26)(H,24,25);1H. The van der Waals surface area contributed by atoms with E-state index in [2.05, 4.69) is 10.2 Å². The third kappa shape index (κ3) is 5.01. The Labute approximate surface area is 176 Å². The number of amides is 1. The maximum Gasteiger partial charge on any atom is 0.317 e. The van der Waals surface area contributed by atoms with Crippen molar-refractivity contribution < 1.29 is 19.4 Å². The molecule has 1 aromatic rings. The molecule has 2 atom stereocenters. The predicted molar refractivity (Wildman–Crippen MR) is 111 cm³/mol. The van der Waals surface area contributed by atoms with Gasteiger partial charge in [-0.05, 0) is 38.7 Å². The highest BCUT2D eigenvalue weighted by atomic mass is 35.5. The van der Waals surface area contributed by atoms with Gasteiger partial charge in [-0.1, -0.05) is 18.0 Å². The molecule has 2 bridgehead atoms. The molecule has 2 saturated heterocycles. The molecule has 1 amide bonds. The fraction of sp³-hybridized carbons (Fsp3) is 0.579. The second-order valence-electron chi connectivity index (χ2n) is 7.25. The summed E-state index contributed by atoms with van der Waals surface area (Å²) in [5, 5.41) is 12.6. The number of nitrogen functional groups attached to an aromatic ring is 1. The number of anilines is 1. The second-order valence-corrected chi connectivity index (χ2v) is 7.66. The van der Waals surface area contributed by atoms with Crippen LogP contribution in [-0.4, -0.2) is 53.2 Å². The molecule has 7 nitrogen and oxygen atoms in total. The van der Waals surface area contributed by atoms with Gasteiger partial charge < -0.3 is 20.9 Å². The summed E-state index contributed by atoms with van der Waals surface area (Å²) in [5.41, 5.74) is 6.56. The van der Waals surface area contributed by atoms with Crippen LogP contribution in [0.5, 0.6) is 5.75 Å². The highest BCUT2D eigenvalue weighted by molar-refractivity contribution is 6.33. The molecule has 1 aromatic carbocycles. The fourth-order valence-electron chi connectivity index (χ4n) is 4.30. The number of piperidine rings is 2. The molecule has 4 N–H and O–H groups in total. The highest BCUT2D eigenvalue weighted by Crippen LogP contribution is 2.34. The minimum atomic E-state index is -0.799. The van der Waals surface area contributed by atoms with Gasteiger partial charge in [-0.3, -0.25) is 14.5 Å². The smallest absolute Gasteiger partial charge is 0.317 e. The number of fused-ring (bicyclic) bond motifs is 2. The van der Waals surface area contributed by atoms with Gasteiger partial charge in [0.2, 0.25) is 0 Å². The average molecular weight is 432 g/mol. The number of nitrogens with zero attached hydrogens (tertiary/aromatic N) is 1. The summed E-state index contributed by atoms with van der Waals surface area (Å²) in [7, 11) is 0. The number of hydrogen-bond acceptors (Lipinski definition) is 5. The molecule has 0 saturated carbocycles. The molecule has 2 heterocycles. The molecule has 0 aliphatic carbocycles. The van der Waals surface area contributed by atoms with Gasteiger partial charge in [-0.15, -0.1) is 12.4 Å². The monoisotopic (exact) mass is 431 g/mol. The van der Waals surface area contributed by atoms with Crippen LogP contribution in [0.2, 0.25) is 5.02 Å². The summed E-state index contributed by atoms with van der Waals surface area (Å²) in [6.45, 7) is 2.32. The lowest BCUT2D eigenvalue weighted by molar-refractivity contribution is -0.141. The molecule has 2 aliphatic heterocycles. The Kier molecular flexibility index (Phi) is 7.80. The zero-order valence-electron chi connectivity index (χ0n) is 15.8. The quantitative estimate of drug-likeness (QED) is 0.597. The SMILES string of the molecule is CCOc1cc(N)c(Cl)cc1C(=O)NC1CC2CCCC(C1)N2CC(=O)O.Cl. The Bertz CT molecular complexity index is 717. The summed E-state index contributed by atoms with van der Waals surface area (Å²) in [6.07, 6.45) is 4.54. The minimum absolute atomic E-state index is 0. The van der Waals surface area contributed by atoms with Gasteiger partial charge in [0.15, 0.2) is 0 Å². The van der Waals surface area contributed by atoms with Crippen molar-refractivity contribution >= 4 is 41.6 Å². The second kappa shape index (κ2) is 9.67. The third-order valence-corrected chi connectivity index (χ3v) is 5.75. The van der Waals surface area contributed by atoms with Crippen LogP contribution in [0.25, 0.3) is 0 Å². The Morgan fingerprint density at radius 3 is 2.54 bits per heavy atom. The van der Waals surface area contributed by atoms with E-state index in [1.807, 2.05) is 6.92 Å². The molecule has 2 aliphatic rings. The molecule has 28 heavy (non-hydrogen) atoms. The number of hydrogen-bond donors (Lipinski definition) is 3. The lowest BCUT2D eigenvalue weighted by Gasteiger charge is -2.48. The number of halogens is 2. The van der Waals surface area contributed by atoms with Crippen LogP contribution in [0.15, 0.2) is 12.1 Å². The van der Waals surface area contributed by atoms with Crippen molar-refractivity contribution in [1.29, 1.82) is 0 Å². The molecule has 2 unspecified atom stereocenters. The van der Waals surface area contributed by atoms with Gasteiger partial charge in [-0.25, -0.2) is 0 Å². The van der Waals surface area contributed by atoms with Gasteiger partial charge in [0.25, 0.3) is 5.91 Å². The maximum atomic E-state index is 12.9. The number of carbonyl (C=O) groups is 2. The van der Waals surface area contributed by atoms with Gasteiger partial charge in [0.05, 0.1) is 29.4 Å². The largest absolute Gasteiger partial charge is 0.493 e. The van der Waals surface area contributed by atoms with Crippen molar-refractivity contribution in [2.75, 3.05) is 18.9 Å². The number of nitrogens with two attached hydrogens (primary N) is 1. The van der Waals surface area contributed by atoms with Crippen molar-refractivity contribution in [3.8, 4) is 5.75 Å². The summed E-state index contributed by atoms with van der Waals surface area (Å²) < 4.78 is 5.55. The number of rotatable bonds is 6. The first-order valence-electron chi connectivity index (χ1n) is 9.39. The number of ether oxygens (including phenoxy) is 1. The number of benzene rings is 1. The van der Waals surface area contributed by atoms with Crippen LogP contribution in [0, 0.1) is 0 Å². The molecule has 2 fully saturated rings. The normalized spacial score (nSPS) is 24.1. The third-order valence-electron chi connectivity index (χ3n) is 5.42. The lowest BCUT2D eigenvalue weighted by Crippen LogP contribution is -2.58. The summed E-state index contributed by atoms with van der Waals surface area (Å²) in [6, 6.07) is 3.51. The van der Waals surface area contributed by atoms with Gasteiger partial charge in [-0.2, -0.15) is 0 Å². The Morgan fingerprint density at radius 1 is 1.32 bits per heavy atom. The van der Waals surface area contributed by atoms with Crippen LogP contribution >= 0.6 is 24.0 Å². The average Bonchev–Trinajstić information content (AvgIpc) is 2.58. The lowest BCUT2D eigenvalue weighted by atomic mass is 9.81. The minimum Gasteiger partial charge on any atom is -0.493 e. The van der Waals surface area contributed by atoms with E-state index in [1.165, 1.54) is 6.07 Å². The van der Waals surface area contributed by atoms with E-state index in [0.29, 0.717) is 28.6 Å². The van der Waals surface area contributed by atoms with E-state index < -0.39 is 5.97 Å². The van der Waals surface area contributed by atoms with Crippen LogP contribution in [0.1, 0.15) is 49.4 Å². The number of carboxylic acid groups (broad SMARTS) is 1. The number of carbonyl (C=O) groups excluding carboxylic acids is 1. The van der Waals surface area contributed by atoms with Crippen LogP contribution in [0.4, 0.5) is 5.69 Å². The summed E-state index contributed by atoms with van der Waals surface area (Å²) >= 11 is 6.10. The Morgan fingerprint density at radius 2 is 1.96 bits per heavy atom. The Hall–Kier alpha value is -1.70. The fourth-order valence-corrected chi connectivity index (χ4v) is 4.46. The van der Waals surface area contributed by atoms with Gasteiger partial charge in [0, 0.05) is 24.2 Å². The van der Waals surface area contributed by atoms with E-state index in [1.54, 1.807) is 6.07 Å². The molecule has 0 spiro atoms. The molecule has 0 aromatic heterocycles. The summed E-state index contributed by atoms with van der Waals surface area (Å²) in [4.78, 5) is 26.1. The van der Waals surface area contributed by atoms with Crippen LogP contribution in [-0.2, 0) is 4.79 Å². The predicted octanol–water partition coefficient (Wildman–Crippen LogP) is 2.94. The van der Waals surface area contributed by atoms with Crippen molar-refractivity contribution in [1.82, 2.24) is 10.2 Å². The number of aliphatic carboxylic acids is 1. The van der Waals surface area contributed by atoms with E-state index in [4.69, 9.17) is 27.2 Å². The van der Waals surface area contributed by atoms with E-state index in [9.17, 15) is 9.59 Å². The van der Waals surface area contributed by atoms with Gasteiger partial charge in [0.1, 0.15) is 5.75 Å². The number of carboxylic acids is 1. The van der Waals surface area contributed by atoms with Crippen molar-refractivity contribution in [2.45, 2.75) is 57.2 Å². The molecule has 3 rings (SSSR count). The zero-order valence-corrected chi connectivity index (χ0v) is 17.4. The summed E-state index contributed by atoms with van der Waals surface area (Å²) in [5.74, 6) is -0.622. The maximum absolute atomic E-state index is 12.9. The molecule has 9 heteroatoms. The zero-order chi connectivity index (χ0) is 19.6. The van der Waals surface area contributed by atoms with Gasteiger partial charge >= 0.3 is 5.97 Å². The number of nitrogens with one attached hydrogen (secondary N) is 1. The van der Waals surface area contributed by atoms with E-state index in [0.717, 1.165) is 32.1 Å². The van der Waals surface area contributed by atoms with E-state index >= 15 is 0 Å². The molecule has 156 valence electrons. The van der Waals surface area contributed by atoms with E-state index in [-0.39, 0.29) is 43.0 Å². The first-order chi connectivity index (χ1) is 12.9. The molecular formula is C19H27Cl2N3O4. The van der Waals surface area contributed by atoms with Crippen molar-refractivity contribution in [3.05, 3.63) is 22.7 Å². The van der Waals surface area contributed by atoms with Crippen molar-refractivity contribution in [3.63, 3.8) is 0 Å². The topological polar surface area (TPSA) is 105 Å². The first-order valence-corrected chi connectivity index (χ1v) is 9.77. The van der Waals surface area contributed by atoms with Crippen LogP contribution < -0.4 is 15.8 Å². The first kappa shape index (κ1) is 22.6. The van der Waals surface area contributed by atoms with Crippen LogP contribution in [0.3, 0.4) is 0 Å². The Balaban J connectivity index is 0.00000280. The molecule has 0 radical (unpaired) electrons. The molecular weight excluding hydrogens is 405 g/mol. The van der Waals surface area contributed by atoms with Crippen molar-refractivity contribution in [2.24, 2.45) is 0 Å².